The van der Waals surface area contributed by atoms with Crippen molar-refractivity contribution in [3.05, 3.63) is 17.5 Å². The lowest BCUT2D eigenvalue weighted by Gasteiger charge is -2.32. The van der Waals surface area contributed by atoms with Crippen LogP contribution in [0.1, 0.15) is 37.1 Å². The number of hydrogen-bond donors (Lipinski definition) is 0. The number of alkyl halides is 2. The first-order valence-electron chi connectivity index (χ1n) is 7.57. The number of methoxy groups -OCH3 is 1. The van der Waals surface area contributed by atoms with Crippen LogP contribution >= 0.6 is 0 Å². The summed E-state index contributed by atoms with van der Waals surface area (Å²) in [6.45, 7) is 1.45. The lowest BCUT2D eigenvalue weighted by molar-refractivity contribution is -0.149. The molecule has 9 heteroatoms. The zero-order chi connectivity index (χ0) is 18.1. The Hall–Kier alpha value is -1.64. The maximum absolute atomic E-state index is 14.8. The van der Waals surface area contributed by atoms with Crippen LogP contribution in [0.25, 0.3) is 0 Å². The number of rotatable bonds is 4. The van der Waals surface area contributed by atoms with Crippen molar-refractivity contribution in [1.29, 1.82) is 0 Å². The van der Waals surface area contributed by atoms with Gasteiger partial charge < -0.3 is 4.74 Å². The monoisotopic (exact) mass is 362 g/mol. The third-order valence-electron chi connectivity index (χ3n) is 4.28. The molecule has 0 unspecified atom stereocenters. The number of sulfone groups is 1. The molecule has 1 aliphatic carbocycles. The van der Waals surface area contributed by atoms with Gasteiger partial charge in [-0.25, -0.2) is 18.4 Å². The van der Waals surface area contributed by atoms with E-state index in [4.69, 9.17) is 0 Å². The van der Waals surface area contributed by atoms with Crippen molar-refractivity contribution in [3.63, 3.8) is 0 Å². The molecule has 0 spiro atoms. The summed E-state index contributed by atoms with van der Waals surface area (Å²) in [7, 11) is -2.50. The summed E-state index contributed by atoms with van der Waals surface area (Å²) in [5, 5.41) is -0.597. The van der Waals surface area contributed by atoms with Crippen molar-refractivity contribution in [2.45, 2.75) is 43.7 Å². The summed E-state index contributed by atoms with van der Waals surface area (Å²) < 4.78 is 57.4. The molecule has 0 amide bonds. The third kappa shape index (κ3) is 3.88. The van der Waals surface area contributed by atoms with Gasteiger partial charge in [-0.15, -0.1) is 0 Å². The lowest BCUT2D eigenvalue weighted by atomic mass is 9.78. The number of aryl methyl sites for hydroxylation is 1. The number of aromatic nitrogens is 2. The molecule has 134 valence electrons. The standard InChI is InChI=1S/C15H20F2N2O4S/c1-9-8-12(19-14(18-9)24(3,21)22)15(16,17)11-6-4-10(5-7-11)13(20)23-2/h8,10-11H,4-7H2,1-3H3. The van der Waals surface area contributed by atoms with Gasteiger partial charge in [0, 0.05) is 17.9 Å². The molecule has 0 saturated heterocycles. The molecule has 0 N–H and O–H groups in total. The largest absolute Gasteiger partial charge is 0.469 e. The topological polar surface area (TPSA) is 86.2 Å². The molecule has 0 aromatic carbocycles. The van der Waals surface area contributed by atoms with Crippen molar-refractivity contribution in [1.82, 2.24) is 9.97 Å². The van der Waals surface area contributed by atoms with Crippen molar-refractivity contribution >= 4 is 15.8 Å². The fourth-order valence-electron chi connectivity index (χ4n) is 2.95. The van der Waals surface area contributed by atoms with E-state index in [0.29, 0.717) is 12.8 Å². The van der Waals surface area contributed by atoms with Gasteiger partial charge in [0.1, 0.15) is 5.69 Å². The lowest BCUT2D eigenvalue weighted by Crippen LogP contribution is -2.33. The van der Waals surface area contributed by atoms with Gasteiger partial charge in [-0.05, 0) is 38.7 Å². The first-order chi connectivity index (χ1) is 11.1. The minimum atomic E-state index is -3.78. The Morgan fingerprint density at radius 2 is 1.83 bits per heavy atom. The predicted octanol–water partition coefficient (Wildman–Crippen LogP) is 2.26. The molecular weight excluding hydrogens is 342 g/mol. The number of ether oxygens (including phenoxy) is 1. The minimum Gasteiger partial charge on any atom is -0.469 e. The molecule has 6 nitrogen and oxygen atoms in total. The SMILES string of the molecule is COC(=O)C1CCC(C(F)(F)c2cc(C)nc(S(C)(=O)=O)n2)CC1. The Kier molecular flexibility index (Phi) is 5.22. The Morgan fingerprint density at radius 3 is 2.33 bits per heavy atom. The van der Waals surface area contributed by atoms with Crippen molar-refractivity contribution in [2.75, 3.05) is 13.4 Å². The molecular formula is C15H20F2N2O4S. The van der Waals surface area contributed by atoms with Crippen LogP contribution in [0.5, 0.6) is 0 Å². The highest BCUT2D eigenvalue weighted by molar-refractivity contribution is 7.90. The van der Waals surface area contributed by atoms with Crippen LogP contribution in [0.3, 0.4) is 0 Å². The summed E-state index contributed by atoms with van der Waals surface area (Å²) in [5.74, 6) is -5.02. The molecule has 0 aliphatic heterocycles. The van der Waals surface area contributed by atoms with Crippen molar-refractivity contribution in [3.8, 4) is 0 Å². The van der Waals surface area contributed by atoms with Gasteiger partial charge in [0.25, 0.3) is 5.92 Å². The third-order valence-corrected chi connectivity index (χ3v) is 5.13. The molecule has 1 aromatic rings. The summed E-state index contributed by atoms with van der Waals surface area (Å²) in [5.41, 5.74) is -0.416. The fourth-order valence-corrected chi connectivity index (χ4v) is 3.52. The highest BCUT2D eigenvalue weighted by atomic mass is 32.2. The van der Waals surface area contributed by atoms with E-state index in [1.807, 2.05) is 0 Å². The van der Waals surface area contributed by atoms with Crippen molar-refractivity contribution < 1.29 is 26.7 Å². The summed E-state index contributed by atoms with van der Waals surface area (Å²) in [6, 6.07) is 1.11. The Balaban J connectivity index is 2.25. The van der Waals surface area contributed by atoms with E-state index in [2.05, 4.69) is 14.7 Å². The van der Waals surface area contributed by atoms with Crippen LogP contribution in [0.4, 0.5) is 8.78 Å². The van der Waals surface area contributed by atoms with E-state index in [1.54, 1.807) is 0 Å². The normalized spacial score (nSPS) is 22.2. The van der Waals surface area contributed by atoms with E-state index in [0.717, 1.165) is 12.3 Å². The molecule has 1 aliphatic rings. The first kappa shape index (κ1) is 18.7. The number of carbonyl (C=O) groups is 1. The van der Waals surface area contributed by atoms with E-state index >= 15 is 0 Å². The highest BCUT2D eigenvalue weighted by Crippen LogP contribution is 2.44. The van der Waals surface area contributed by atoms with Crippen molar-refractivity contribution in [2.24, 2.45) is 11.8 Å². The number of nitrogens with zero attached hydrogens (tertiary/aromatic N) is 2. The van der Waals surface area contributed by atoms with Gasteiger partial charge in [0.05, 0.1) is 13.0 Å². The van der Waals surface area contributed by atoms with Gasteiger partial charge in [0.15, 0.2) is 0 Å². The molecule has 2 rings (SSSR count). The molecule has 1 fully saturated rings. The van der Waals surface area contributed by atoms with Gasteiger partial charge >= 0.3 is 5.97 Å². The van der Waals surface area contributed by atoms with Gasteiger partial charge in [-0.3, -0.25) is 4.79 Å². The second-order valence-corrected chi connectivity index (χ2v) is 8.05. The second kappa shape index (κ2) is 6.70. The molecule has 1 saturated carbocycles. The average molecular weight is 362 g/mol. The van der Waals surface area contributed by atoms with E-state index in [9.17, 15) is 22.0 Å². The zero-order valence-corrected chi connectivity index (χ0v) is 14.6. The van der Waals surface area contributed by atoms with Crippen LogP contribution < -0.4 is 0 Å². The molecule has 1 heterocycles. The van der Waals surface area contributed by atoms with E-state index in [1.165, 1.54) is 14.0 Å². The maximum atomic E-state index is 14.8. The molecule has 1 aromatic heterocycles. The van der Waals surface area contributed by atoms with Gasteiger partial charge in [-0.2, -0.15) is 8.78 Å². The van der Waals surface area contributed by atoms with Crippen LogP contribution in [-0.2, 0) is 25.3 Å². The Bertz CT molecular complexity index is 729. The van der Waals surface area contributed by atoms with E-state index < -0.39 is 32.5 Å². The number of halogens is 2. The van der Waals surface area contributed by atoms with Gasteiger partial charge in [-0.1, -0.05) is 0 Å². The quantitative estimate of drug-likeness (QED) is 0.603. The van der Waals surface area contributed by atoms with Crippen LogP contribution in [0.2, 0.25) is 0 Å². The molecule has 24 heavy (non-hydrogen) atoms. The first-order valence-corrected chi connectivity index (χ1v) is 9.46. The molecule has 0 radical (unpaired) electrons. The van der Waals surface area contributed by atoms with Crippen LogP contribution in [-0.4, -0.2) is 37.7 Å². The second-order valence-electron chi connectivity index (χ2n) is 6.14. The number of hydrogen-bond acceptors (Lipinski definition) is 6. The van der Waals surface area contributed by atoms with Crippen LogP contribution in [0.15, 0.2) is 11.2 Å². The van der Waals surface area contributed by atoms with Gasteiger partial charge in [0.2, 0.25) is 15.0 Å². The summed E-state index contributed by atoms with van der Waals surface area (Å²) >= 11 is 0. The molecule has 0 bridgehead atoms. The summed E-state index contributed by atoms with van der Waals surface area (Å²) in [6.07, 6.45) is 1.80. The number of esters is 1. The Morgan fingerprint density at radius 1 is 1.25 bits per heavy atom. The number of carbonyl (C=O) groups excluding carboxylic acids is 1. The highest BCUT2D eigenvalue weighted by Gasteiger charge is 2.45. The fraction of sp³-hybridized carbons (Fsp3) is 0.667. The minimum absolute atomic E-state index is 0.143. The van der Waals surface area contributed by atoms with E-state index in [-0.39, 0.29) is 30.4 Å². The molecule has 0 atom stereocenters. The van der Waals surface area contributed by atoms with Crippen LogP contribution in [0, 0.1) is 18.8 Å². The summed E-state index contributed by atoms with van der Waals surface area (Å²) in [4.78, 5) is 18.8. The average Bonchev–Trinajstić information content (AvgIpc) is 2.52. The smallest absolute Gasteiger partial charge is 0.308 e. The Labute approximate surface area is 139 Å². The zero-order valence-electron chi connectivity index (χ0n) is 13.8. The maximum Gasteiger partial charge on any atom is 0.308 e. The predicted molar refractivity (Wildman–Crippen MR) is 81.2 cm³/mol.